The molecule has 0 aliphatic carbocycles. The second kappa shape index (κ2) is 6.46. The fourth-order valence-electron chi connectivity index (χ4n) is 2.27. The average Bonchev–Trinajstić information content (AvgIpc) is 2.90. The molecule has 0 aliphatic heterocycles. The molecule has 1 aromatic carbocycles. The van der Waals surface area contributed by atoms with Gasteiger partial charge in [0, 0.05) is 15.8 Å². The molecular weight excluding hydrogens is 276 g/mol. The number of rotatable bonds is 5. The molecule has 1 N–H and O–H groups in total. The van der Waals surface area contributed by atoms with Crippen LogP contribution in [-0.2, 0) is 0 Å². The summed E-state index contributed by atoms with van der Waals surface area (Å²) in [5.41, 5.74) is 0.558. The zero-order chi connectivity index (χ0) is 14.7. The van der Waals surface area contributed by atoms with Crippen LogP contribution in [0.2, 0.25) is 0 Å². The summed E-state index contributed by atoms with van der Waals surface area (Å²) in [5, 5.41) is 3.25. The molecule has 2 rings (SSSR count). The third-order valence-corrected chi connectivity index (χ3v) is 4.64. The van der Waals surface area contributed by atoms with Crippen LogP contribution in [0.15, 0.2) is 24.3 Å². The summed E-state index contributed by atoms with van der Waals surface area (Å²) in [6.45, 7) is 3.78. The maximum Gasteiger partial charge on any atom is 0.137 e. The first kappa shape index (κ1) is 15.1. The molecule has 0 amide bonds. The monoisotopic (exact) mass is 295 g/mol. The number of hydrogen-bond donors (Lipinski definition) is 1. The van der Waals surface area contributed by atoms with Crippen LogP contribution in [-0.4, -0.2) is 7.05 Å². The van der Waals surface area contributed by atoms with E-state index in [0.717, 1.165) is 17.7 Å². The van der Waals surface area contributed by atoms with Crippen LogP contribution in [0.5, 0.6) is 0 Å². The summed E-state index contributed by atoms with van der Waals surface area (Å²) in [6, 6.07) is 6.80. The van der Waals surface area contributed by atoms with E-state index in [2.05, 4.69) is 12.2 Å². The van der Waals surface area contributed by atoms with E-state index in [4.69, 9.17) is 0 Å². The van der Waals surface area contributed by atoms with Gasteiger partial charge in [-0.1, -0.05) is 19.4 Å². The molecule has 1 atom stereocenters. The molecule has 1 heterocycles. The second-order valence-corrected chi connectivity index (χ2v) is 6.00. The van der Waals surface area contributed by atoms with Crippen molar-refractivity contribution in [1.82, 2.24) is 5.32 Å². The Kier molecular flexibility index (Phi) is 4.89. The van der Waals surface area contributed by atoms with Gasteiger partial charge in [-0.25, -0.2) is 8.78 Å². The number of thiophene rings is 1. The van der Waals surface area contributed by atoms with Gasteiger partial charge in [-0.2, -0.15) is 0 Å². The van der Waals surface area contributed by atoms with E-state index in [1.165, 1.54) is 23.5 Å². The molecule has 1 nitrogen and oxygen atoms in total. The quantitative estimate of drug-likeness (QED) is 0.812. The summed E-state index contributed by atoms with van der Waals surface area (Å²) >= 11 is 1.45. The van der Waals surface area contributed by atoms with Crippen LogP contribution >= 0.6 is 11.3 Å². The number of nitrogens with one attached hydrogen (secondary N) is 1. The molecule has 108 valence electrons. The molecule has 0 spiro atoms. The maximum atomic E-state index is 14.1. The van der Waals surface area contributed by atoms with Gasteiger partial charge in [0.15, 0.2) is 0 Å². The molecule has 2 aromatic rings. The SMILES string of the molecule is CCCC(NC)c1ccc(-c2c(F)ccc(C)c2F)s1. The van der Waals surface area contributed by atoms with Gasteiger partial charge in [0.2, 0.25) is 0 Å². The minimum Gasteiger partial charge on any atom is -0.312 e. The van der Waals surface area contributed by atoms with E-state index in [1.807, 2.05) is 13.1 Å². The number of aryl methyl sites for hydroxylation is 1. The Balaban J connectivity index is 2.41. The molecule has 0 radical (unpaired) electrons. The van der Waals surface area contributed by atoms with Crippen LogP contribution in [0.1, 0.15) is 36.2 Å². The molecule has 0 bridgehead atoms. The van der Waals surface area contributed by atoms with Gasteiger partial charge in [0.1, 0.15) is 11.6 Å². The van der Waals surface area contributed by atoms with Crippen molar-refractivity contribution < 1.29 is 8.78 Å². The third-order valence-electron chi connectivity index (χ3n) is 3.43. The molecule has 0 saturated heterocycles. The summed E-state index contributed by atoms with van der Waals surface area (Å²) in [5.74, 6) is -0.965. The van der Waals surface area contributed by atoms with Crippen molar-refractivity contribution in [3.63, 3.8) is 0 Å². The van der Waals surface area contributed by atoms with Crippen LogP contribution in [0.4, 0.5) is 8.78 Å². The first-order valence-electron chi connectivity index (χ1n) is 6.80. The summed E-state index contributed by atoms with van der Waals surface area (Å²) in [6.07, 6.45) is 2.07. The lowest BCUT2D eigenvalue weighted by Gasteiger charge is -2.12. The van der Waals surface area contributed by atoms with Gasteiger partial charge in [-0.05, 0) is 44.2 Å². The Bertz CT molecular complexity index is 592. The minimum absolute atomic E-state index is 0.0904. The Hall–Kier alpha value is -1.26. The van der Waals surface area contributed by atoms with E-state index >= 15 is 0 Å². The lowest BCUT2D eigenvalue weighted by atomic mass is 10.1. The zero-order valence-corrected chi connectivity index (χ0v) is 12.8. The highest BCUT2D eigenvalue weighted by Crippen LogP contribution is 2.36. The van der Waals surface area contributed by atoms with Crippen molar-refractivity contribution >= 4 is 11.3 Å². The molecule has 0 fully saturated rings. The Morgan fingerprint density at radius 3 is 2.60 bits per heavy atom. The van der Waals surface area contributed by atoms with Gasteiger partial charge < -0.3 is 5.32 Å². The number of halogens is 2. The Labute approximate surface area is 122 Å². The summed E-state index contributed by atoms with van der Waals surface area (Å²) < 4.78 is 28.0. The van der Waals surface area contributed by atoms with Crippen molar-refractivity contribution in [3.05, 3.63) is 46.3 Å². The first-order chi connectivity index (χ1) is 9.58. The predicted octanol–water partition coefficient (Wildman–Crippen LogP) is 5.06. The van der Waals surface area contributed by atoms with E-state index in [0.29, 0.717) is 10.4 Å². The molecule has 0 aliphatic rings. The summed E-state index contributed by atoms with van der Waals surface area (Å²) in [4.78, 5) is 1.76. The van der Waals surface area contributed by atoms with Crippen LogP contribution in [0, 0.1) is 18.6 Å². The van der Waals surface area contributed by atoms with Gasteiger partial charge >= 0.3 is 0 Å². The first-order valence-corrected chi connectivity index (χ1v) is 7.62. The van der Waals surface area contributed by atoms with Crippen molar-refractivity contribution in [1.29, 1.82) is 0 Å². The Morgan fingerprint density at radius 2 is 1.95 bits per heavy atom. The molecule has 0 saturated carbocycles. The van der Waals surface area contributed by atoms with Crippen LogP contribution in [0.3, 0.4) is 0 Å². The van der Waals surface area contributed by atoms with Crippen molar-refractivity contribution in [3.8, 4) is 10.4 Å². The van der Waals surface area contributed by atoms with Crippen LogP contribution in [0.25, 0.3) is 10.4 Å². The highest BCUT2D eigenvalue weighted by Gasteiger charge is 2.17. The minimum atomic E-state index is -0.502. The van der Waals surface area contributed by atoms with E-state index in [1.54, 1.807) is 13.0 Å². The number of hydrogen-bond acceptors (Lipinski definition) is 2. The van der Waals surface area contributed by atoms with Gasteiger partial charge in [0.05, 0.1) is 5.56 Å². The van der Waals surface area contributed by atoms with E-state index in [9.17, 15) is 8.78 Å². The van der Waals surface area contributed by atoms with Gasteiger partial charge in [-0.3, -0.25) is 0 Å². The average molecular weight is 295 g/mol. The number of benzene rings is 1. The zero-order valence-electron chi connectivity index (χ0n) is 12.0. The second-order valence-electron chi connectivity index (χ2n) is 4.89. The van der Waals surface area contributed by atoms with Crippen molar-refractivity contribution in [2.24, 2.45) is 0 Å². The predicted molar refractivity (Wildman–Crippen MR) is 81.1 cm³/mol. The fraction of sp³-hybridized carbons (Fsp3) is 0.375. The summed E-state index contributed by atoms with van der Waals surface area (Å²) in [7, 11) is 1.91. The third kappa shape index (κ3) is 2.91. The van der Waals surface area contributed by atoms with E-state index < -0.39 is 11.6 Å². The fourth-order valence-corrected chi connectivity index (χ4v) is 3.47. The highest BCUT2D eigenvalue weighted by atomic mass is 32.1. The topological polar surface area (TPSA) is 12.0 Å². The molecule has 4 heteroatoms. The molecule has 20 heavy (non-hydrogen) atoms. The van der Waals surface area contributed by atoms with E-state index in [-0.39, 0.29) is 11.6 Å². The van der Waals surface area contributed by atoms with Crippen molar-refractivity contribution in [2.75, 3.05) is 7.05 Å². The molecular formula is C16H19F2NS. The van der Waals surface area contributed by atoms with Crippen LogP contribution < -0.4 is 5.32 Å². The van der Waals surface area contributed by atoms with Crippen molar-refractivity contribution in [2.45, 2.75) is 32.7 Å². The largest absolute Gasteiger partial charge is 0.312 e. The normalized spacial score (nSPS) is 12.7. The molecule has 1 unspecified atom stereocenters. The van der Waals surface area contributed by atoms with Gasteiger partial charge in [-0.15, -0.1) is 11.3 Å². The maximum absolute atomic E-state index is 14.1. The lowest BCUT2D eigenvalue weighted by Crippen LogP contribution is -2.14. The molecule has 1 aromatic heterocycles. The standard InChI is InChI=1S/C16H19F2NS/c1-4-5-12(19-3)13-8-9-14(20-13)15-11(17)7-6-10(2)16(15)18/h6-9,12,19H,4-5H2,1-3H3. The Morgan fingerprint density at radius 1 is 1.20 bits per heavy atom. The van der Waals surface area contributed by atoms with Gasteiger partial charge in [0.25, 0.3) is 0 Å². The highest BCUT2D eigenvalue weighted by molar-refractivity contribution is 7.15. The smallest absolute Gasteiger partial charge is 0.137 e. The lowest BCUT2D eigenvalue weighted by molar-refractivity contribution is 0.550.